The lowest BCUT2D eigenvalue weighted by Crippen LogP contribution is -2.82. The molecular formula is C37H40F3N3O4. The Hall–Kier alpha value is -4.02. The normalized spacial score (nSPS) is 27.9. The van der Waals surface area contributed by atoms with Gasteiger partial charge in [0.15, 0.2) is 11.5 Å². The summed E-state index contributed by atoms with van der Waals surface area (Å²) in [4.78, 5) is 20.4. The zero-order valence-corrected chi connectivity index (χ0v) is 26.8. The lowest BCUT2D eigenvalue weighted by Gasteiger charge is -2.69. The molecule has 0 aromatic heterocycles. The van der Waals surface area contributed by atoms with E-state index in [1.807, 2.05) is 12.1 Å². The molecule has 2 aliphatic heterocycles. The molecule has 47 heavy (non-hydrogen) atoms. The van der Waals surface area contributed by atoms with Crippen molar-refractivity contribution in [2.45, 2.75) is 67.6 Å². The zero-order chi connectivity index (χ0) is 33.1. The molecular weight excluding hydrogens is 607 g/mol. The zero-order valence-electron chi connectivity index (χ0n) is 26.8. The third-order valence-corrected chi connectivity index (χ3v) is 11.2. The number of halogens is 3. The minimum atomic E-state index is -4.80. The Labute approximate surface area is 273 Å². The molecule has 1 saturated carbocycles. The van der Waals surface area contributed by atoms with Gasteiger partial charge in [-0.25, -0.2) is 0 Å². The van der Waals surface area contributed by atoms with Crippen LogP contribution >= 0.6 is 0 Å². The van der Waals surface area contributed by atoms with E-state index >= 15 is 0 Å². The topological polar surface area (TPSA) is 65.5 Å². The smallest absolute Gasteiger partial charge is 0.504 e. The van der Waals surface area contributed by atoms with E-state index in [0.717, 1.165) is 44.3 Å². The van der Waals surface area contributed by atoms with Gasteiger partial charge in [0.05, 0.1) is 11.5 Å². The second kappa shape index (κ2) is 11.6. The van der Waals surface area contributed by atoms with Crippen LogP contribution in [-0.4, -0.2) is 90.0 Å². The number of carbonyl (C=O) groups excluding carboxylic acids is 1. The summed E-state index contributed by atoms with van der Waals surface area (Å²) in [5, 5.41) is 11.1. The van der Waals surface area contributed by atoms with E-state index in [1.165, 1.54) is 41.5 Å². The molecule has 3 aromatic rings. The Bertz CT molecular complexity index is 1700. The summed E-state index contributed by atoms with van der Waals surface area (Å²) in [7, 11) is 6.09. The third-order valence-electron chi connectivity index (χ3n) is 11.2. The number of rotatable bonds is 8. The molecule has 1 spiro atoms. The Balaban J connectivity index is 1.21. The van der Waals surface area contributed by atoms with E-state index in [0.29, 0.717) is 17.7 Å². The number of nitrogens with zero attached hydrogens (tertiary/aromatic N) is 3. The van der Waals surface area contributed by atoms with Crippen LogP contribution in [-0.2, 0) is 23.1 Å². The molecule has 2 fully saturated rings. The molecule has 10 heteroatoms. The fourth-order valence-electron chi connectivity index (χ4n) is 9.37. The number of benzene rings is 3. The van der Waals surface area contributed by atoms with Gasteiger partial charge in [0.2, 0.25) is 5.91 Å². The van der Waals surface area contributed by atoms with Crippen LogP contribution in [0.15, 0.2) is 72.8 Å². The summed E-state index contributed by atoms with van der Waals surface area (Å²) in [6.45, 7) is 1.82. The van der Waals surface area contributed by atoms with Crippen molar-refractivity contribution in [1.29, 1.82) is 0 Å². The molecule has 5 atom stereocenters. The van der Waals surface area contributed by atoms with Crippen LogP contribution in [0, 0.1) is 0 Å². The first-order valence-electron chi connectivity index (χ1n) is 16.2. The van der Waals surface area contributed by atoms with Crippen molar-refractivity contribution in [2.75, 3.05) is 34.2 Å². The number of carbonyl (C=O) groups is 1. The van der Waals surface area contributed by atoms with Gasteiger partial charge in [0, 0.05) is 36.8 Å². The van der Waals surface area contributed by atoms with Crippen LogP contribution in [0.5, 0.6) is 17.2 Å². The van der Waals surface area contributed by atoms with Crippen LogP contribution in [0.25, 0.3) is 6.08 Å². The summed E-state index contributed by atoms with van der Waals surface area (Å²) in [6.07, 6.45) is 1.88. The number of likely N-dealkylation sites (N-methyl/N-ethyl adjacent to an activating group) is 2. The molecule has 2 heterocycles. The van der Waals surface area contributed by atoms with E-state index < -0.39 is 11.8 Å². The number of piperidine rings is 1. The highest BCUT2D eigenvalue weighted by Crippen LogP contribution is 2.67. The van der Waals surface area contributed by atoms with E-state index in [-0.39, 0.29) is 41.1 Å². The lowest BCUT2D eigenvalue weighted by molar-refractivity contribution is -0.274. The Morgan fingerprint density at radius 3 is 2.62 bits per heavy atom. The van der Waals surface area contributed by atoms with Crippen LogP contribution in [0.1, 0.15) is 41.5 Å². The quantitative estimate of drug-likeness (QED) is 0.312. The number of aromatic hydroxyl groups is 1. The van der Waals surface area contributed by atoms with Gasteiger partial charge in [-0.15, -0.1) is 13.2 Å². The molecule has 0 unspecified atom stereocenters. The predicted molar refractivity (Wildman–Crippen MR) is 172 cm³/mol. The van der Waals surface area contributed by atoms with E-state index in [4.69, 9.17) is 4.74 Å². The summed E-state index contributed by atoms with van der Waals surface area (Å²) >= 11 is 0. The number of hydrogen-bond acceptors (Lipinski definition) is 6. The van der Waals surface area contributed by atoms with Crippen LogP contribution in [0.4, 0.5) is 13.2 Å². The molecule has 1 N–H and O–H groups in total. The number of alkyl halides is 3. The van der Waals surface area contributed by atoms with Crippen LogP contribution < -0.4 is 9.47 Å². The average Bonchev–Trinajstić information content (AvgIpc) is 3.39. The second-order valence-corrected chi connectivity index (χ2v) is 13.5. The van der Waals surface area contributed by atoms with Crippen molar-refractivity contribution in [3.63, 3.8) is 0 Å². The summed E-state index contributed by atoms with van der Waals surface area (Å²) < 4.78 is 49.1. The van der Waals surface area contributed by atoms with Crippen LogP contribution in [0.3, 0.4) is 0 Å². The van der Waals surface area contributed by atoms with Gasteiger partial charge < -0.3 is 24.4 Å². The van der Waals surface area contributed by atoms with Crippen molar-refractivity contribution in [1.82, 2.24) is 14.7 Å². The Morgan fingerprint density at radius 1 is 1.09 bits per heavy atom. The molecule has 248 valence electrons. The van der Waals surface area contributed by atoms with Gasteiger partial charge >= 0.3 is 6.36 Å². The Kier molecular flexibility index (Phi) is 7.79. The molecule has 0 radical (unpaired) electrons. The number of amides is 1. The van der Waals surface area contributed by atoms with E-state index in [2.05, 4.69) is 52.9 Å². The van der Waals surface area contributed by atoms with E-state index in [1.54, 1.807) is 24.1 Å². The van der Waals surface area contributed by atoms with Gasteiger partial charge in [0.1, 0.15) is 11.9 Å². The van der Waals surface area contributed by atoms with Crippen LogP contribution in [0.2, 0.25) is 0 Å². The second-order valence-electron chi connectivity index (χ2n) is 13.5. The largest absolute Gasteiger partial charge is 0.573 e. The Morgan fingerprint density at radius 2 is 1.87 bits per heavy atom. The number of hydrogen-bond donors (Lipinski definition) is 1. The number of phenolic OH excluding ortho intramolecular Hbond substituents is 1. The molecule has 1 saturated heterocycles. The molecule has 3 aromatic carbocycles. The molecule has 1 amide bonds. The standard InChI is InChI=1S/C37H40F3N3O4/c1-41(2)36-18-16-28(42(3)31(45)15-12-25-10-7-11-27(22-25)47-37(38,39)40)34-35(36)19-21-43(20-17-24-8-5-4-6-9-24)30(36)23-26-13-14-29(44)33(46-34)32(26)35/h4-15,22,28,30,34,44H,16-21,23H2,1-3H3/t28-,30+,34-,35-,36+/m0/s1. The molecule has 2 aliphatic carbocycles. The summed E-state index contributed by atoms with van der Waals surface area (Å²) in [5.41, 5.74) is 3.29. The maximum absolute atomic E-state index is 13.7. The molecule has 7 nitrogen and oxygen atoms in total. The minimum Gasteiger partial charge on any atom is -0.504 e. The van der Waals surface area contributed by atoms with Crippen molar-refractivity contribution in [2.24, 2.45) is 0 Å². The predicted octanol–water partition coefficient (Wildman–Crippen LogP) is 5.80. The summed E-state index contributed by atoms with van der Waals surface area (Å²) in [6, 6.07) is 19.8. The minimum absolute atomic E-state index is 0.124. The fraction of sp³-hybridized carbons (Fsp3) is 0.432. The maximum atomic E-state index is 13.7. The molecule has 4 aliphatic rings. The maximum Gasteiger partial charge on any atom is 0.573 e. The van der Waals surface area contributed by atoms with Gasteiger partial charge in [-0.1, -0.05) is 48.5 Å². The molecule has 2 bridgehead atoms. The number of ether oxygens (including phenoxy) is 2. The average molecular weight is 648 g/mol. The first-order chi connectivity index (χ1) is 22.4. The highest BCUT2D eigenvalue weighted by atomic mass is 19.4. The van der Waals surface area contributed by atoms with Gasteiger partial charge in [-0.2, -0.15) is 0 Å². The van der Waals surface area contributed by atoms with Crippen molar-refractivity contribution in [3.8, 4) is 17.2 Å². The van der Waals surface area contributed by atoms with Crippen molar-refractivity contribution >= 4 is 12.0 Å². The fourth-order valence-corrected chi connectivity index (χ4v) is 9.37. The van der Waals surface area contributed by atoms with Gasteiger partial charge in [-0.05, 0) is 93.7 Å². The van der Waals surface area contributed by atoms with Gasteiger partial charge in [0.25, 0.3) is 0 Å². The third kappa shape index (κ3) is 5.08. The van der Waals surface area contributed by atoms with Crippen molar-refractivity contribution < 1.29 is 32.5 Å². The number of likely N-dealkylation sites (tertiary alicyclic amines) is 1. The van der Waals surface area contributed by atoms with Crippen molar-refractivity contribution in [3.05, 3.63) is 95.1 Å². The van der Waals surface area contributed by atoms with Gasteiger partial charge in [-0.3, -0.25) is 9.69 Å². The number of phenols is 1. The highest BCUT2D eigenvalue weighted by molar-refractivity contribution is 5.92. The SMILES string of the molecule is CN(C(=O)C=Cc1cccc(OC(F)(F)F)c1)[C@H]1CC[C@@]2(N(C)C)[C@H]3Cc4ccc(O)c5c4[C@@]2(CCN3CCc2ccccc2)[C@H]1O5. The first kappa shape index (κ1) is 31.6. The molecule has 7 rings (SSSR count). The summed E-state index contributed by atoms with van der Waals surface area (Å²) in [5.74, 6) is 0.0440. The monoisotopic (exact) mass is 647 g/mol. The van der Waals surface area contributed by atoms with E-state index in [9.17, 15) is 23.1 Å². The highest BCUT2D eigenvalue weighted by Gasteiger charge is 2.74. The first-order valence-corrected chi connectivity index (χ1v) is 16.2. The lowest BCUT2D eigenvalue weighted by atomic mass is 9.46.